The maximum absolute atomic E-state index is 12.4. The Balaban J connectivity index is 1.56. The molecule has 26 heavy (non-hydrogen) atoms. The van der Waals surface area contributed by atoms with Crippen LogP contribution in [0, 0.1) is 0 Å². The maximum Gasteiger partial charge on any atom is 0.417 e. The van der Waals surface area contributed by atoms with Gasteiger partial charge in [0.15, 0.2) is 0 Å². The fourth-order valence-electron chi connectivity index (χ4n) is 3.79. The Labute approximate surface area is 155 Å². The topological polar surface area (TPSA) is 63.7 Å². The lowest BCUT2D eigenvalue weighted by Gasteiger charge is -2.21. The molecule has 0 N–H and O–H groups in total. The Morgan fingerprint density at radius 1 is 1.04 bits per heavy atom. The monoisotopic (exact) mass is 369 g/mol. The van der Waals surface area contributed by atoms with E-state index in [4.69, 9.17) is 16.3 Å². The predicted molar refractivity (Wildman–Crippen MR) is 95.8 cm³/mol. The lowest BCUT2D eigenvalue weighted by Crippen LogP contribution is -2.42. The van der Waals surface area contributed by atoms with Crippen LogP contribution in [-0.2, 0) is 14.3 Å². The van der Waals surface area contributed by atoms with E-state index in [2.05, 4.69) is 0 Å². The average Bonchev–Trinajstić information content (AvgIpc) is 3.18. The summed E-state index contributed by atoms with van der Waals surface area (Å²) in [6.07, 6.45) is -0.452. The van der Waals surface area contributed by atoms with Gasteiger partial charge in [0.05, 0.1) is 0 Å². The van der Waals surface area contributed by atoms with Crippen LogP contribution in [0.3, 0.4) is 0 Å². The van der Waals surface area contributed by atoms with Crippen molar-refractivity contribution in [1.29, 1.82) is 0 Å². The number of hydrogen-bond acceptors (Lipinski definition) is 4. The Kier molecular flexibility index (Phi) is 4.24. The summed E-state index contributed by atoms with van der Waals surface area (Å²) in [5.41, 5.74) is 4.41. The molecule has 0 saturated carbocycles. The van der Waals surface area contributed by atoms with Gasteiger partial charge in [0.1, 0.15) is 12.6 Å². The van der Waals surface area contributed by atoms with Gasteiger partial charge in [-0.1, -0.05) is 48.5 Å². The third-order valence-corrected chi connectivity index (χ3v) is 5.26. The number of benzene rings is 2. The number of likely N-dealkylation sites (tertiary alicyclic amines) is 1. The number of carbonyl (C=O) groups is 3. The van der Waals surface area contributed by atoms with Gasteiger partial charge in [-0.2, -0.15) is 0 Å². The fourth-order valence-corrected chi connectivity index (χ4v) is 4.00. The number of rotatable bonds is 3. The fraction of sp³-hybridized carbons (Fsp3) is 0.250. The Bertz CT molecular complexity index is 865. The van der Waals surface area contributed by atoms with Gasteiger partial charge < -0.3 is 4.74 Å². The smallest absolute Gasteiger partial charge is 0.417 e. The van der Waals surface area contributed by atoms with Crippen LogP contribution in [0.25, 0.3) is 11.1 Å². The van der Waals surface area contributed by atoms with Crippen molar-refractivity contribution in [3.8, 4) is 11.1 Å². The summed E-state index contributed by atoms with van der Waals surface area (Å²) in [5, 5.41) is -0.718. The molecule has 1 heterocycles. The van der Waals surface area contributed by atoms with Gasteiger partial charge >= 0.3 is 6.09 Å². The Hall–Kier alpha value is -2.66. The van der Waals surface area contributed by atoms with Crippen LogP contribution in [0.15, 0.2) is 48.5 Å². The van der Waals surface area contributed by atoms with Crippen molar-refractivity contribution in [2.45, 2.75) is 24.8 Å². The van der Waals surface area contributed by atoms with E-state index < -0.39 is 23.3 Å². The second-order valence-corrected chi connectivity index (χ2v) is 6.80. The normalized spacial score (nSPS) is 18.6. The van der Waals surface area contributed by atoms with Gasteiger partial charge in [-0.3, -0.25) is 9.59 Å². The molecule has 1 aliphatic carbocycles. The number of ether oxygens (including phenoxy) is 1. The van der Waals surface area contributed by atoms with Gasteiger partial charge in [0.2, 0.25) is 11.1 Å². The number of imide groups is 1. The van der Waals surface area contributed by atoms with Crippen LogP contribution in [-0.4, -0.2) is 34.8 Å². The first kappa shape index (κ1) is 16.8. The van der Waals surface area contributed by atoms with Crippen molar-refractivity contribution in [2.24, 2.45) is 0 Å². The van der Waals surface area contributed by atoms with Crippen LogP contribution >= 0.6 is 11.6 Å². The van der Waals surface area contributed by atoms with Crippen molar-refractivity contribution in [3.63, 3.8) is 0 Å². The molecule has 2 aliphatic rings. The highest BCUT2D eigenvalue weighted by Gasteiger charge is 2.41. The molecule has 0 radical (unpaired) electrons. The summed E-state index contributed by atoms with van der Waals surface area (Å²) < 4.78 is 5.43. The number of nitrogens with zero attached hydrogens (tertiary/aromatic N) is 1. The van der Waals surface area contributed by atoms with E-state index >= 15 is 0 Å². The van der Waals surface area contributed by atoms with E-state index in [0.29, 0.717) is 0 Å². The molecule has 2 aromatic rings. The number of hydrogen-bond donors (Lipinski definition) is 0. The zero-order chi connectivity index (χ0) is 18.3. The molecule has 2 amide bonds. The summed E-state index contributed by atoms with van der Waals surface area (Å²) in [4.78, 5) is 36.7. The summed E-state index contributed by atoms with van der Waals surface area (Å²) in [5.74, 6) is -0.532. The quantitative estimate of drug-likeness (QED) is 0.774. The molecule has 5 nitrogen and oxygen atoms in total. The van der Waals surface area contributed by atoms with Crippen molar-refractivity contribution in [2.75, 3.05) is 6.61 Å². The zero-order valence-electron chi connectivity index (χ0n) is 13.9. The molecule has 6 heteroatoms. The lowest BCUT2D eigenvalue weighted by molar-refractivity contribution is -0.130. The molecule has 0 spiro atoms. The number of halogens is 1. The van der Waals surface area contributed by atoms with E-state index in [-0.39, 0.29) is 25.4 Å². The second kappa shape index (κ2) is 6.57. The van der Waals surface area contributed by atoms with Gasteiger partial charge in [-0.05, 0) is 40.3 Å². The molecule has 4 rings (SSSR count). The molecule has 132 valence electrons. The standard InChI is InChI=1S/C20H16ClNO4/c21-19(24)17-9-10-18(23)22(17)20(25)26-11-16-14-7-3-1-5-12(14)13-6-2-4-8-15(13)16/h1-8,16-17H,9-11H2/t17-/m0/s1. The van der Waals surface area contributed by atoms with E-state index in [1.54, 1.807) is 0 Å². The molecular weight excluding hydrogens is 354 g/mol. The Morgan fingerprint density at radius 3 is 2.19 bits per heavy atom. The van der Waals surface area contributed by atoms with Crippen LogP contribution in [0.1, 0.15) is 29.9 Å². The van der Waals surface area contributed by atoms with Crippen LogP contribution in [0.4, 0.5) is 4.79 Å². The summed E-state index contributed by atoms with van der Waals surface area (Å²) in [6.45, 7) is 0.0971. The van der Waals surface area contributed by atoms with Gasteiger partial charge in [-0.25, -0.2) is 9.69 Å². The minimum atomic E-state index is -0.931. The zero-order valence-corrected chi connectivity index (χ0v) is 14.6. The van der Waals surface area contributed by atoms with Crippen molar-refractivity contribution in [3.05, 3.63) is 59.7 Å². The number of amides is 2. The Morgan fingerprint density at radius 2 is 1.62 bits per heavy atom. The van der Waals surface area contributed by atoms with Crippen molar-refractivity contribution >= 4 is 28.8 Å². The molecule has 1 saturated heterocycles. The van der Waals surface area contributed by atoms with E-state index in [1.807, 2.05) is 48.5 Å². The third-order valence-electron chi connectivity index (χ3n) is 5.01. The van der Waals surface area contributed by atoms with Crippen LogP contribution in [0.5, 0.6) is 0 Å². The SMILES string of the molecule is O=C(Cl)[C@@H]1CCC(=O)N1C(=O)OCC1c2ccccc2-c2ccccc21. The molecular formula is C20H16ClNO4. The largest absolute Gasteiger partial charge is 0.448 e. The van der Waals surface area contributed by atoms with E-state index in [0.717, 1.165) is 27.2 Å². The van der Waals surface area contributed by atoms with E-state index in [1.165, 1.54) is 0 Å². The van der Waals surface area contributed by atoms with Crippen molar-refractivity contribution < 1.29 is 19.1 Å². The predicted octanol–water partition coefficient (Wildman–Crippen LogP) is 3.69. The molecule has 1 fully saturated rings. The highest BCUT2D eigenvalue weighted by Crippen LogP contribution is 2.44. The minimum absolute atomic E-state index is 0.0971. The highest BCUT2D eigenvalue weighted by atomic mass is 35.5. The molecule has 0 aromatic heterocycles. The van der Waals surface area contributed by atoms with Crippen LogP contribution < -0.4 is 0 Å². The van der Waals surface area contributed by atoms with Gasteiger partial charge in [0.25, 0.3) is 0 Å². The first-order valence-electron chi connectivity index (χ1n) is 8.44. The summed E-state index contributed by atoms with van der Waals surface area (Å²) >= 11 is 5.51. The van der Waals surface area contributed by atoms with Gasteiger partial charge in [0, 0.05) is 12.3 Å². The average molecular weight is 370 g/mol. The minimum Gasteiger partial charge on any atom is -0.448 e. The maximum atomic E-state index is 12.4. The first-order valence-corrected chi connectivity index (χ1v) is 8.82. The molecule has 2 aromatic carbocycles. The summed E-state index contributed by atoms with van der Waals surface area (Å²) in [7, 11) is 0. The second-order valence-electron chi connectivity index (χ2n) is 6.43. The molecule has 0 bridgehead atoms. The summed E-state index contributed by atoms with van der Waals surface area (Å²) in [6, 6.07) is 15.0. The lowest BCUT2D eigenvalue weighted by atomic mass is 9.98. The highest BCUT2D eigenvalue weighted by molar-refractivity contribution is 6.65. The molecule has 1 atom stereocenters. The van der Waals surface area contributed by atoms with Crippen LogP contribution in [0.2, 0.25) is 0 Å². The molecule has 1 aliphatic heterocycles. The number of fused-ring (bicyclic) bond motifs is 3. The van der Waals surface area contributed by atoms with E-state index in [9.17, 15) is 14.4 Å². The third kappa shape index (κ3) is 2.69. The first-order chi connectivity index (χ1) is 12.6. The molecule has 0 unspecified atom stereocenters. The number of carbonyl (C=O) groups excluding carboxylic acids is 3. The van der Waals surface area contributed by atoms with Crippen molar-refractivity contribution in [1.82, 2.24) is 4.90 Å². The van der Waals surface area contributed by atoms with Gasteiger partial charge in [-0.15, -0.1) is 0 Å².